The smallest absolute Gasteiger partial charge is 0.485 e. The van der Waals surface area contributed by atoms with Crippen molar-refractivity contribution in [2.45, 2.75) is 11.0 Å². The molecule has 0 saturated carbocycles. The number of pyridine rings is 2. The molecule has 2 heterocycles. The van der Waals surface area contributed by atoms with E-state index >= 15 is 0 Å². The van der Waals surface area contributed by atoms with Crippen LogP contribution in [0.5, 0.6) is 0 Å². The minimum Gasteiger partial charge on any atom is -0.741 e. The first-order valence-electron chi connectivity index (χ1n) is 6.36. The van der Waals surface area contributed by atoms with E-state index in [2.05, 4.69) is 9.97 Å². The summed E-state index contributed by atoms with van der Waals surface area (Å²) in [6.07, 6.45) is 7.50. The molecule has 2 aromatic heterocycles. The highest BCUT2D eigenvalue weighted by molar-refractivity contribution is 7.86. The predicted molar refractivity (Wildman–Crippen MR) is 77.5 cm³/mol. The highest BCUT2D eigenvalue weighted by Gasteiger charge is 2.37. The summed E-state index contributed by atoms with van der Waals surface area (Å²) >= 11 is 0. The molecule has 2 aromatic rings. The first-order valence-corrected chi connectivity index (χ1v) is 9.18. The number of H-pyrrole nitrogens is 2. The van der Waals surface area contributed by atoms with E-state index in [-0.39, 0.29) is 0 Å². The van der Waals surface area contributed by atoms with Gasteiger partial charge in [0.05, 0.1) is 0 Å². The van der Waals surface area contributed by atoms with Crippen LogP contribution < -0.4 is 9.97 Å². The minimum atomic E-state index is -6.09. The van der Waals surface area contributed by atoms with E-state index in [1.54, 1.807) is 0 Å². The van der Waals surface area contributed by atoms with Gasteiger partial charge < -0.3 is 9.11 Å². The van der Waals surface area contributed by atoms with Gasteiger partial charge in [-0.15, -0.1) is 0 Å². The molecule has 0 aliphatic rings. The fraction of sp³-hybridized carbons (Fsp3) is 0.167. The number of halogens is 6. The zero-order valence-corrected chi connectivity index (χ0v) is 14.9. The van der Waals surface area contributed by atoms with Gasteiger partial charge in [-0.3, -0.25) is 0 Å². The molecule has 0 aliphatic heterocycles. The van der Waals surface area contributed by atoms with Gasteiger partial charge in [-0.25, -0.2) is 26.8 Å². The highest BCUT2D eigenvalue weighted by atomic mass is 32.2. The zero-order chi connectivity index (χ0) is 22.5. The number of nitrogens with one attached hydrogen (secondary N) is 2. The van der Waals surface area contributed by atoms with Gasteiger partial charge in [0.15, 0.2) is 45.0 Å². The lowest BCUT2D eigenvalue weighted by molar-refractivity contribution is -0.378. The van der Waals surface area contributed by atoms with Crippen LogP contribution in [0.1, 0.15) is 0 Å². The quantitative estimate of drug-likeness (QED) is 0.329. The van der Waals surface area contributed by atoms with Gasteiger partial charge in [0.2, 0.25) is 0 Å². The third-order valence-electron chi connectivity index (χ3n) is 1.78. The lowest BCUT2D eigenvalue weighted by Gasteiger charge is -2.08. The van der Waals surface area contributed by atoms with Crippen LogP contribution in [-0.2, 0) is 20.2 Å². The van der Waals surface area contributed by atoms with Gasteiger partial charge in [0.25, 0.3) is 0 Å². The van der Waals surface area contributed by atoms with Crippen LogP contribution in [0, 0.1) is 0 Å². The molecular formula is C12H12F6N2O6S2. The Morgan fingerprint density at radius 1 is 0.536 bits per heavy atom. The maximum Gasteiger partial charge on any atom is 0.485 e. The average Bonchev–Trinajstić information content (AvgIpc) is 2.56. The molecule has 8 nitrogen and oxygen atoms in total. The predicted octanol–water partition coefficient (Wildman–Crippen LogP) is 1.10. The molecule has 2 rings (SSSR count). The average molecular weight is 458 g/mol. The topological polar surface area (TPSA) is 143 Å². The molecule has 0 aliphatic carbocycles. The number of hydrogen-bond acceptors (Lipinski definition) is 6. The van der Waals surface area contributed by atoms with Crippen molar-refractivity contribution in [2.24, 2.45) is 0 Å². The lowest BCUT2D eigenvalue weighted by atomic mass is 10.5. The maximum absolute atomic E-state index is 10.7. The van der Waals surface area contributed by atoms with E-state index in [0.717, 1.165) is 0 Å². The van der Waals surface area contributed by atoms with Crippen molar-refractivity contribution < 1.29 is 62.3 Å². The van der Waals surface area contributed by atoms with Crippen molar-refractivity contribution in [1.82, 2.24) is 0 Å². The van der Waals surface area contributed by atoms with Crippen LogP contribution >= 0.6 is 0 Å². The molecule has 2 N–H and O–H groups in total. The molecule has 0 spiro atoms. The number of aromatic amines is 2. The summed E-state index contributed by atoms with van der Waals surface area (Å²) in [5.74, 6) is 0. The van der Waals surface area contributed by atoms with E-state index in [9.17, 15) is 26.3 Å². The van der Waals surface area contributed by atoms with Crippen molar-refractivity contribution in [2.75, 3.05) is 0 Å². The van der Waals surface area contributed by atoms with Gasteiger partial charge in [-0.1, -0.05) is 12.1 Å². The fourth-order valence-corrected chi connectivity index (χ4v) is 0.684. The molecule has 0 aromatic carbocycles. The second-order valence-corrected chi connectivity index (χ2v) is 6.70. The Labute approximate surface area is 155 Å². The van der Waals surface area contributed by atoms with Gasteiger partial charge in [0, 0.05) is 24.3 Å². The van der Waals surface area contributed by atoms with Gasteiger partial charge >= 0.3 is 11.0 Å². The first-order chi connectivity index (χ1) is 12.5. The molecule has 16 heteroatoms. The molecule has 0 radical (unpaired) electrons. The fourth-order valence-electron chi connectivity index (χ4n) is 0.684. The Kier molecular flexibility index (Phi) is 12.2. The number of hydrogen-bond donors (Lipinski definition) is 0. The highest BCUT2D eigenvalue weighted by Crippen LogP contribution is 2.21. The van der Waals surface area contributed by atoms with Crippen LogP contribution in [0.4, 0.5) is 26.3 Å². The third kappa shape index (κ3) is 15.9. The molecule has 160 valence electrons. The lowest BCUT2D eigenvalue weighted by Crippen LogP contribution is -2.21. The third-order valence-corrected chi connectivity index (χ3v) is 2.92. The summed E-state index contributed by atoms with van der Waals surface area (Å²) in [5.41, 5.74) is -11.3. The van der Waals surface area contributed by atoms with Gasteiger partial charge in [0.1, 0.15) is 0 Å². The minimum absolute atomic E-state index is 1.88. The SMILES string of the molecule is O=S(=O)([O-])C(F)(F)F.O=S(=O)([O-])C(F)(F)F.c1cc[nH+]cc1.c1cc[nH+]cc1. The molecule has 0 bridgehead atoms. The molecule has 28 heavy (non-hydrogen) atoms. The van der Waals surface area contributed by atoms with Crippen molar-refractivity contribution in [1.29, 1.82) is 0 Å². The van der Waals surface area contributed by atoms with Crippen molar-refractivity contribution in [3.05, 3.63) is 61.2 Å². The Morgan fingerprint density at radius 3 is 0.750 bits per heavy atom. The summed E-state index contributed by atoms with van der Waals surface area (Å²) < 4.78 is 118. The first kappa shape index (κ1) is 27.9. The molecule has 0 amide bonds. The Balaban J connectivity index is 0. The summed E-state index contributed by atoms with van der Waals surface area (Å²) in [6, 6.07) is 11.7. The Hall–Kier alpha value is -2.30. The largest absolute Gasteiger partial charge is 0.741 e. The summed E-state index contributed by atoms with van der Waals surface area (Å²) in [4.78, 5) is 5.78. The van der Waals surface area contributed by atoms with E-state index < -0.39 is 31.3 Å². The number of rotatable bonds is 0. The Bertz CT molecular complexity index is 717. The van der Waals surface area contributed by atoms with Crippen LogP contribution in [0.15, 0.2) is 61.2 Å². The summed E-state index contributed by atoms with van der Waals surface area (Å²) in [6.45, 7) is 0. The van der Waals surface area contributed by atoms with Crippen molar-refractivity contribution in [3.63, 3.8) is 0 Å². The van der Waals surface area contributed by atoms with Crippen LogP contribution in [-0.4, -0.2) is 37.0 Å². The summed E-state index contributed by atoms with van der Waals surface area (Å²) in [7, 11) is -12.2. The van der Waals surface area contributed by atoms with Crippen molar-refractivity contribution >= 4 is 20.2 Å². The van der Waals surface area contributed by atoms with Crippen LogP contribution in [0.25, 0.3) is 0 Å². The second-order valence-electron chi connectivity index (χ2n) is 3.95. The molecular weight excluding hydrogens is 446 g/mol. The normalized spacial score (nSPS) is 11.4. The monoisotopic (exact) mass is 458 g/mol. The van der Waals surface area contributed by atoms with Crippen LogP contribution in [0.2, 0.25) is 0 Å². The van der Waals surface area contributed by atoms with Gasteiger partial charge in [-0.2, -0.15) is 26.3 Å². The maximum atomic E-state index is 10.7. The zero-order valence-electron chi connectivity index (χ0n) is 13.3. The van der Waals surface area contributed by atoms with Crippen LogP contribution in [0.3, 0.4) is 0 Å². The number of aromatic nitrogens is 2. The van der Waals surface area contributed by atoms with E-state index in [1.807, 2.05) is 61.2 Å². The van der Waals surface area contributed by atoms with E-state index in [4.69, 9.17) is 25.9 Å². The molecule has 0 atom stereocenters. The molecule has 0 fully saturated rings. The van der Waals surface area contributed by atoms with E-state index in [0.29, 0.717) is 0 Å². The second kappa shape index (κ2) is 12.2. The van der Waals surface area contributed by atoms with Gasteiger partial charge in [-0.05, 0) is 0 Å². The summed E-state index contributed by atoms with van der Waals surface area (Å²) in [5, 5.41) is 0. The molecule has 0 saturated heterocycles. The molecule has 0 unspecified atom stereocenters. The van der Waals surface area contributed by atoms with Crippen molar-refractivity contribution in [3.8, 4) is 0 Å². The number of alkyl halides is 6. The Morgan fingerprint density at radius 2 is 0.714 bits per heavy atom. The van der Waals surface area contributed by atoms with E-state index in [1.165, 1.54) is 0 Å². The standard InChI is InChI=1S/2C5H5N.2CHF3O3S/c2*1-2-4-6-5-3-1;2*2-1(3,4)8(5,6)7/h2*1-5H;2*(H,5,6,7).